The molecule has 4 nitrogen and oxygen atoms in total. The van der Waals surface area contributed by atoms with Crippen molar-refractivity contribution in [1.29, 1.82) is 0 Å². The molecule has 2 aliphatic heterocycles. The Labute approximate surface area is 173 Å². The van der Waals surface area contributed by atoms with Crippen LogP contribution in [0.5, 0.6) is 5.75 Å². The quantitative estimate of drug-likeness (QED) is 0.770. The number of rotatable bonds is 3. The van der Waals surface area contributed by atoms with Crippen molar-refractivity contribution in [1.82, 2.24) is 0 Å². The fraction of sp³-hybridized carbons (Fsp3) is 0.480. The maximum atomic E-state index is 13.2. The summed E-state index contributed by atoms with van der Waals surface area (Å²) >= 11 is 0. The molecule has 1 atom stereocenters. The number of nitrogens with one attached hydrogen (secondary N) is 2. The minimum atomic E-state index is -0.377. The molecule has 1 unspecified atom stereocenters. The van der Waals surface area contributed by atoms with Gasteiger partial charge in [0.25, 0.3) is 0 Å². The second kappa shape index (κ2) is 6.51. The topological polar surface area (TPSA) is 50.4 Å². The van der Waals surface area contributed by atoms with E-state index in [-0.39, 0.29) is 16.7 Å². The van der Waals surface area contributed by atoms with Crippen LogP contribution < -0.4 is 15.4 Å². The molecule has 2 heterocycles. The molecule has 3 aliphatic rings. The Morgan fingerprint density at radius 3 is 2.72 bits per heavy atom. The van der Waals surface area contributed by atoms with Crippen LogP contribution in [0.25, 0.3) is 0 Å². The van der Waals surface area contributed by atoms with Crippen LogP contribution >= 0.6 is 0 Å². The van der Waals surface area contributed by atoms with Gasteiger partial charge in [0, 0.05) is 17.4 Å². The van der Waals surface area contributed by atoms with Crippen LogP contribution in [0.1, 0.15) is 56.7 Å². The van der Waals surface area contributed by atoms with E-state index >= 15 is 0 Å². The number of anilines is 2. The number of amides is 1. The molecule has 2 aromatic carbocycles. The third-order valence-electron chi connectivity index (χ3n) is 6.81. The normalized spacial score (nSPS) is 21.4. The van der Waals surface area contributed by atoms with E-state index in [1.807, 2.05) is 12.1 Å². The van der Waals surface area contributed by atoms with Crippen molar-refractivity contribution >= 4 is 17.3 Å². The van der Waals surface area contributed by atoms with Gasteiger partial charge in [-0.2, -0.15) is 0 Å². The third-order valence-corrected chi connectivity index (χ3v) is 6.81. The van der Waals surface area contributed by atoms with Gasteiger partial charge in [-0.15, -0.1) is 0 Å². The Bertz CT molecular complexity index is 969. The maximum absolute atomic E-state index is 13.2. The van der Waals surface area contributed by atoms with Crippen molar-refractivity contribution in [2.45, 2.75) is 64.3 Å². The van der Waals surface area contributed by atoms with Crippen molar-refractivity contribution in [2.75, 3.05) is 17.2 Å². The largest absolute Gasteiger partial charge is 0.493 e. The smallest absolute Gasteiger partial charge is 0.235 e. The number of hydrogen-bond donors (Lipinski definition) is 2. The first kappa shape index (κ1) is 18.5. The number of carbonyl (C=O) groups excluding carboxylic acids is 1. The molecule has 1 aliphatic carbocycles. The van der Waals surface area contributed by atoms with Gasteiger partial charge in [0.1, 0.15) is 5.75 Å². The third kappa shape index (κ3) is 3.29. The van der Waals surface area contributed by atoms with Gasteiger partial charge in [0.15, 0.2) is 0 Å². The summed E-state index contributed by atoms with van der Waals surface area (Å²) in [5.41, 5.74) is 5.59. The van der Waals surface area contributed by atoms with E-state index in [1.54, 1.807) is 0 Å². The first-order valence-electron chi connectivity index (χ1n) is 10.8. The summed E-state index contributed by atoms with van der Waals surface area (Å²) in [6.07, 6.45) is 4.91. The van der Waals surface area contributed by atoms with Crippen LogP contribution in [-0.4, -0.2) is 18.6 Å². The van der Waals surface area contributed by atoms with Gasteiger partial charge in [-0.05, 0) is 78.5 Å². The van der Waals surface area contributed by atoms with Crippen LogP contribution in [0.2, 0.25) is 0 Å². The molecule has 1 saturated carbocycles. The van der Waals surface area contributed by atoms with E-state index in [1.165, 1.54) is 16.8 Å². The number of ether oxygens (including phenoxy) is 1. The number of carbonyl (C=O) groups is 1. The molecule has 2 N–H and O–H groups in total. The fourth-order valence-corrected chi connectivity index (χ4v) is 4.64. The van der Waals surface area contributed by atoms with E-state index < -0.39 is 0 Å². The van der Waals surface area contributed by atoms with E-state index in [9.17, 15) is 4.79 Å². The van der Waals surface area contributed by atoms with E-state index in [0.29, 0.717) is 6.04 Å². The Balaban J connectivity index is 1.34. The van der Waals surface area contributed by atoms with Crippen LogP contribution in [0.15, 0.2) is 36.4 Å². The monoisotopic (exact) mass is 390 g/mol. The Kier molecular flexibility index (Phi) is 4.16. The summed E-state index contributed by atoms with van der Waals surface area (Å²) in [6.45, 7) is 7.58. The minimum absolute atomic E-state index is 0.118. The lowest BCUT2D eigenvalue weighted by Gasteiger charge is -2.27. The molecule has 1 fully saturated rings. The number of hydrogen-bond acceptors (Lipinski definition) is 3. The predicted molar refractivity (Wildman–Crippen MR) is 117 cm³/mol. The van der Waals surface area contributed by atoms with Crippen LogP contribution in [0, 0.1) is 5.41 Å². The fourth-order valence-electron chi connectivity index (χ4n) is 4.64. The lowest BCUT2D eigenvalue weighted by Crippen LogP contribution is -2.31. The van der Waals surface area contributed by atoms with Gasteiger partial charge in [-0.25, -0.2) is 0 Å². The van der Waals surface area contributed by atoms with Gasteiger partial charge in [-0.3, -0.25) is 4.79 Å². The minimum Gasteiger partial charge on any atom is -0.493 e. The molecule has 0 aromatic heterocycles. The summed E-state index contributed by atoms with van der Waals surface area (Å²) < 4.78 is 5.74. The second-order valence-electron chi connectivity index (χ2n) is 9.95. The molecule has 0 spiro atoms. The average molecular weight is 391 g/mol. The summed E-state index contributed by atoms with van der Waals surface area (Å²) in [5.74, 6) is 1.10. The molecule has 152 valence electrons. The molecule has 29 heavy (non-hydrogen) atoms. The first-order chi connectivity index (χ1) is 13.8. The standard InChI is InChI=1S/C25H30N2O2/c1-24(2,3)22-15-17-14-19(7-8-20(17)27-22)26-23(28)25(10-11-25)18-6-9-21-16(13-18)5-4-12-29-21/h6-9,13-14,22,27H,4-5,10-12,15H2,1-3H3,(H,26,28). The lowest BCUT2D eigenvalue weighted by molar-refractivity contribution is -0.118. The van der Waals surface area contributed by atoms with Crippen molar-refractivity contribution in [3.63, 3.8) is 0 Å². The number of benzene rings is 2. The highest BCUT2D eigenvalue weighted by molar-refractivity contribution is 6.01. The highest BCUT2D eigenvalue weighted by atomic mass is 16.5. The molecule has 0 bridgehead atoms. The number of fused-ring (bicyclic) bond motifs is 2. The van der Waals surface area contributed by atoms with Gasteiger partial charge in [0.05, 0.1) is 12.0 Å². The predicted octanol–water partition coefficient (Wildman–Crippen LogP) is 5.06. The number of aryl methyl sites for hydroxylation is 1. The highest BCUT2D eigenvalue weighted by Crippen LogP contribution is 2.50. The van der Waals surface area contributed by atoms with Crippen molar-refractivity contribution < 1.29 is 9.53 Å². The zero-order valence-corrected chi connectivity index (χ0v) is 17.6. The molecule has 5 rings (SSSR count). The summed E-state index contributed by atoms with van der Waals surface area (Å²) in [5, 5.41) is 6.84. The summed E-state index contributed by atoms with van der Waals surface area (Å²) in [4.78, 5) is 13.2. The Hall–Kier alpha value is -2.49. The van der Waals surface area contributed by atoms with Gasteiger partial charge in [-0.1, -0.05) is 32.9 Å². The summed E-state index contributed by atoms with van der Waals surface area (Å²) in [7, 11) is 0. The first-order valence-corrected chi connectivity index (χ1v) is 10.8. The van der Waals surface area contributed by atoms with Crippen molar-refractivity contribution in [3.8, 4) is 5.75 Å². The Morgan fingerprint density at radius 1 is 1.14 bits per heavy atom. The van der Waals surface area contributed by atoms with E-state index in [2.05, 4.69) is 55.7 Å². The summed E-state index contributed by atoms with van der Waals surface area (Å²) in [6, 6.07) is 13.0. The zero-order valence-electron chi connectivity index (χ0n) is 17.6. The molecular weight excluding hydrogens is 360 g/mol. The molecule has 0 radical (unpaired) electrons. The van der Waals surface area contributed by atoms with Gasteiger partial charge >= 0.3 is 0 Å². The SMILES string of the molecule is CC(C)(C)C1Cc2cc(NC(=O)C3(c4ccc5c(c4)CCCO5)CC3)ccc2N1. The highest BCUT2D eigenvalue weighted by Gasteiger charge is 2.51. The van der Waals surface area contributed by atoms with Crippen molar-refractivity contribution in [3.05, 3.63) is 53.1 Å². The molecule has 1 amide bonds. The van der Waals surface area contributed by atoms with E-state index in [0.717, 1.165) is 55.7 Å². The van der Waals surface area contributed by atoms with E-state index in [4.69, 9.17) is 4.74 Å². The van der Waals surface area contributed by atoms with Crippen LogP contribution in [0.3, 0.4) is 0 Å². The Morgan fingerprint density at radius 2 is 1.97 bits per heavy atom. The molecular formula is C25H30N2O2. The lowest BCUT2D eigenvalue weighted by atomic mass is 9.85. The van der Waals surface area contributed by atoms with Crippen LogP contribution in [-0.2, 0) is 23.1 Å². The zero-order chi connectivity index (χ0) is 20.2. The van der Waals surface area contributed by atoms with Crippen LogP contribution in [0.4, 0.5) is 11.4 Å². The van der Waals surface area contributed by atoms with Gasteiger partial charge in [0.2, 0.25) is 5.91 Å². The maximum Gasteiger partial charge on any atom is 0.235 e. The molecule has 0 saturated heterocycles. The molecule has 4 heteroatoms. The average Bonchev–Trinajstić information content (AvgIpc) is 3.40. The van der Waals surface area contributed by atoms with Gasteiger partial charge < -0.3 is 15.4 Å². The van der Waals surface area contributed by atoms with Crippen molar-refractivity contribution in [2.24, 2.45) is 5.41 Å². The molecule has 2 aromatic rings. The second-order valence-corrected chi connectivity index (χ2v) is 9.95.